The van der Waals surface area contributed by atoms with E-state index < -0.39 is 5.97 Å². The smallest absolute Gasteiger partial charge is 0.303 e. The average Bonchev–Trinajstić information content (AvgIpc) is 2.46. The summed E-state index contributed by atoms with van der Waals surface area (Å²) in [4.78, 5) is 35.5. The fraction of sp³-hybridized carbons (Fsp3) is 0.357. The van der Waals surface area contributed by atoms with Gasteiger partial charge >= 0.3 is 5.97 Å². The zero-order valence-corrected chi connectivity index (χ0v) is 13.3. The van der Waals surface area contributed by atoms with Crippen LogP contribution in [0.2, 0.25) is 0 Å². The highest BCUT2D eigenvalue weighted by atomic mass is 79.9. The maximum Gasteiger partial charge on any atom is 0.303 e. The number of fused-ring (bicyclic) bond motifs is 1. The number of hydrogen-bond acceptors (Lipinski definition) is 4. The first-order chi connectivity index (χ1) is 10.5. The third-order valence-corrected chi connectivity index (χ3v) is 3.55. The van der Waals surface area contributed by atoms with Crippen molar-refractivity contribution in [3.63, 3.8) is 0 Å². The minimum atomic E-state index is -0.905. The Hall–Kier alpha value is -2.09. The van der Waals surface area contributed by atoms with E-state index in [9.17, 15) is 14.4 Å². The average molecular weight is 371 g/mol. The molecule has 7 nitrogen and oxygen atoms in total. The Bertz CT molecular complexity index is 605. The number of anilines is 1. The third kappa shape index (κ3) is 4.20. The fourth-order valence-electron chi connectivity index (χ4n) is 2.02. The monoisotopic (exact) mass is 370 g/mol. The lowest BCUT2D eigenvalue weighted by atomic mass is 10.2. The molecule has 0 unspecified atom stereocenters. The normalized spacial score (nSPS) is 13.3. The number of carbonyl (C=O) groups is 3. The molecule has 1 heterocycles. The number of carboxylic acid groups (broad SMARTS) is 1. The van der Waals surface area contributed by atoms with Crippen molar-refractivity contribution in [2.24, 2.45) is 0 Å². The van der Waals surface area contributed by atoms with Gasteiger partial charge in [-0.25, -0.2) is 0 Å². The van der Waals surface area contributed by atoms with Crippen molar-refractivity contribution in [3.05, 3.63) is 22.7 Å². The van der Waals surface area contributed by atoms with Gasteiger partial charge in [-0.3, -0.25) is 19.3 Å². The largest absolute Gasteiger partial charge is 0.482 e. The fourth-order valence-corrected chi connectivity index (χ4v) is 2.36. The Labute approximate surface area is 135 Å². The van der Waals surface area contributed by atoms with Crippen LogP contribution in [0.4, 0.5) is 5.69 Å². The third-order valence-electron chi connectivity index (χ3n) is 3.06. The van der Waals surface area contributed by atoms with E-state index in [2.05, 4.69) is 21.2 Å². The molecule has 2 amide bonds. The molecule has 22 heavy (non-hydrogen) atoms. The Morgan fingerprint density at radius 3 is 2.91 bits per heavy atom. The van der Waals surface area contributed by atoms with Gasteiger partial charge in [-0.05, 0) is 24.6 Å². The first-order valence-electron chi connectivity index (χ1n) is 6.68. The highest BCUT2D eigenvalue weighted by Crippen LogP contribution is 2.34. The van der Waals surface area contributed by atoms with Gasteiger partial charge in [0, 0.05) is 17.4 Å². The van der Waals surface area contributed by atoms with Gasteiger partial charge in [-0.15, -0.1) is 0 Å². The van der Waals surface area contributed by atoms with Crippen LogP contribution in [0.3, 0.4) is 0 Å². The van der Waals surface area contributed by atoms with Crippen LogP contribution >= 0.6 is 15.9 Å². The molecule has 0 bridgehead atoms. The van der Waals surface area contributed by atoms with Gasteiger partial charge in [0.15, 0.2) is 6.61 Å². The van der Waals surface area contributed by atoms with Crippen molar-refractivity contribution < 1.29 is 24.2 Å². The predicted molar refractivity (Wildman–Crippen MR) is 81.9 cm³/mol. The summed E-state index contributed by atoms with van der Waals surface area (Å²) in [7, 11) is 0. The van der Waals surface area contributed by atoms with Gasteiger partial charge < -0.3 is 15.2 Å². The quantitative estimate of drug-likeness (QED) is 0.732. The molecule has 8 heteroatoms. The number of ether oxygens (including phenoxy) is 1. The molecular formula is C14H15BrN2O5. The molecule has 0 atom stereocenters. The lowest BCUT2D eigenvalue weighted by Crippen LogP contribution is -2.45. The van der Waals surface area contributed by atoms with E-state index in [1.807, 2.05) is 0 Å². The number of carbonyl (C=O) groups excluding carboxylic acids is 2. The van der Waals surface area contributed by atoms with Crippen LogP contribution in [-0.2, 0) is 14.4 Å². The number of nitrogens with one attached hydrogen (secondary N) is 1. The Morgan fingerprint density at radius 2 is 2.18 bits per heavy atom. The molecule has 118 valence electrons. The molecule has 0 saturated heterocycles. The van der Waals surface area contributed by atoms with E-state index in [0.29, 0.717) is 17.9 Å². The van der Waals surface area contributed by atoms with Crippen LogP contribution in [0.25, 0.3) is 0 Å². The molecular weight excluding hydrogens is 356 g/mol. The van der Waals surface area contributed by atoms with Gasteiger partial charge in [-0.2, -0.15) is 0 Å². The minimum absolute atomic E-state index is 0.00632. The molecule has 2 rings (SSSR count). The van der Waals surface area contributed by atoms with Gasteiger partial charge in [0.1, 0.15) is 12.3 Å². The molecule has 0 spiro atoms. The molecule has 2 N–H and O–H groups in total. The van der Waals surface area contributed by atoms with Crippen LogP contribution in [-0.4, -0.2) is 42.6 Å². The summed E-state index contributed by atoms with van der Waals surface area (Å²) in [5.41, 5.74) is 0.542. The van der Waals surface area contributed by atoms with Crippen LogP contribution in [0.5, 0.6) is 5.75 Å². The number of benzene rings is 1. The minimum Gasteiger partial charge on any atom is -0.482 e. The lowest BCUT2D eigenvalue weighted by Gasteiger charge is -2.29. The van der Waals surface area contributed by atoms with Crippen LogP contribution in [0.15, 0.2) is 22.7 Å². The summed E-state index contributed by atoms with van der Waals surface area (Å²) in [5.74, 6) is -1.00. The number of aliphatic carboxylic acids is 1. The van der Waals surface area contributed by atoms with Crippen LogP contribution in [0, 0.1) is 0 Å². The molecule has 1 aliphatic heterocycles. The maximum atomic E-state index is 11.9. The summed E-state index contributed by atoms with van der Waals surface area (Å²) < 4.78 is 6.15. The summed E-state index contributed by atoms with van der Waals surface area (Å²) in [5, 5.41) is 11.1. The van der Waals surface area contributed by atoms with Crippen molar-refractivity contribution in [2.75, 3.05) is 24.6 Å². The number of hydrogen-bond donors (Lipinski definition) is 2. The van der Waals surface area contributed by atoms with E-state index in [1.54, 1.807) is 18.2 Å². The van der Waals surface area contributed by atoms with E-state index in [-0.39, 0.29) is 37.9 Å². The van der Waals surface area contributed by atoms with Gasteiger partial charge in [0.05, 0.1) is 5.69 Å². The van der Waals surface area contributed by atoms with Crippen LogP contribution < -0.4 is 15.0 Å². The second-order valence-electron chi connectivity index (χ2n) is 4.73. The summed E-state index contributed by atoms with van der Waals surface area (Å²) in [6, 6.07) is 5.20. The highest BCUT2D eigenvalue weighted by Gasteiger charge is 2.27. The maximum absolute atomic E-state index is 11.9. The van der Waals surface area contributed by atoms with E-state index in [4.69, 9.17) is 9.84 Å². The number of halogens is 1. The molecule has 0 radical (unpaired) electrons. The molecule has 0 aliphatic carbocycles. The van der Waals surface area contributed by atoms with Gasteiger partial charge in [0.25, 0.3) is 5.91 Å². The standard InChI is InChI=1S/C14H15BrN2O5/c15-9-3-4-10-11(6-9)22-8-13(19)17(10)7-12(18)16-5-1-2-14(20)21/h3-4,6H,1-2,5,7-8H2,(H,16,18)(H,20,21). The van der Waals surface area contributed by atoms with E-state index >= 15 is 0 Å². The second kappa shape index (κ2) is 7.26. The van der Waals surface area contributed by atoms with E-state index in [1.165, 1.54) is 4.90 Å². The molecule has 1 aromatic rings. The van der Waals surface area contributed by atoms with Gasteiger partial charge in [-0.1, -0.05) is 15.9 Å². The van der Waals surface area contributed by atoms with Gasteiger partial charge in [0.2, 0.25) is 5.91 Å². The first kappa shape index (κ1) is 16.3. The number of nitrogens with zero attached hydrogens (tertiary/aromatic N) is 1. The summed E-state index contributed by atoms with van der Waals surface area (Å²) in [6.07, 6.45) is 0.343. The second-order valence-corrected chi connectivity index (χ2v) is 5.64. The topological polar surface area (TPSA) is 95.9 Å². The Balaban J connectivity index is 1.96. The number of carboxylic acids is 1. The SMILES string of the molecule is O=C(O)CCCNC(=O)CN1C(=O)COc2cc(Br)ccc21. The van der Waals surface area contributed by atoms with Crippen molar-refractivity contribution in [3.8, 4) is 5.75 Å². The first-order valence-corrected chi connectivity index (χ1v) is 7.48. The highest BCUT2D eigenvalue weighted by molar-refractivity contribution is 9.10. The molecule has 0 saturated carbocycles. The predicted octanol–water partition coefficient (Wildman–Crippen LogP) is 1.16. The summed E-state index contributed by atoms with van der Waals surface area (Å²) in [6.45, 7) is 0.0243. The zero-order chi connectivity index (χ0) is 16.1. The molecule has 0 fully saturated rings. The van der Waals surface area contributed by atoms with Crippen molar-refractivity contribution in [2.45, 2.75) is 12.8 Å². The molecule has 1 aliphatic rings. The number of amides is 2. The van der Waals surface area contributed by atoms with Crippen molar-refractivity contribution in [1.29, 1.82) is 0 Å². The van der Waals surface area contributed by atoms with Crippen molar-refractivity contribution in [1.82, 2.24) is 5.32 Å². The molecule has 0 aromatic heterocycles. The van der Waals surface area contributed by atoms with Crippen molar-refractivity contribution >= 4 is 39.4 Å². The van der Waals surface area contributed by atoms with Crippen LogP contribution in [0.1, 0.15) is 12.8 Å². The Kier molecular flexibility index (Phi) is 5.37. The zero-order valence-electron chi connectivity index (χ0n) is 11.7. The lowest BCUT2D eigenvalue weighted by molar-refractivity contribution is -0.137. The Morgan fingerprint density at radius 1 is 1.41 bits per heavy atom. The summed E-state index contributed by atoms with van der Waals surface area (Å²) >= 11 is 3.32. The molecule has 1 aromatic carbocycles. The number of rotatable bonds is 6. The van der Waals surface area contributed by atoms with E-state index in [0.717, 1.165) is 4.47 Å².